The van der Waals surface area contributed by atoms with Crippen molar-refractivity contribution in [1.29, 1.82) is 0 Å². The molecule has 0 heterocycles. The highest BCUT2D eigenvalue weighted by molar-refractivity contribution is 7.95. The van der Waals surface area contributed by atoms with Gasteiger partial charge in [0.05, 0.1) is 10.7 Å². The number of hydrogen-bond acceptors (Lipinski definition) is 4. The van der Waals surface area contributed by atoms with Crippen molar-refractivity contribution in [2.45, 2.75) is 17.7 Å². The molecule has 1 aliphatic rings. The van der Waals surface area contributed by atoms with Gasteiger partial charge in [0.15, 0.2) is 0 Å². The second kappa shape index (κ2) is 7.83. The number of hydrogen-bond donors (Lipinski definition) is 0. The van der Waals surface area contributed by atoms with Gasteiger partial charge in [0, 0.05) is 11.3 Å². The molecule has 0 unspecified atom stereocenters. The van der Waals surface area contributed by atoms with Crippen LogP contribution in [-0.2, 0) is 14.6 Å². The summed E-state index contributed by atoms with van der Waals surface area (Å²) in [6.07, 6.45) is 7.61. The number of ether oxygens (including phenoxy) is 2. The third kappa shape index (κ3) is 4.36. The van der Waals surface area contributed by atoms with E-state index in [2.05, 4.69) is 13.2 Å². The van der Waals surface area contributed by atoms with E-state index in [9.17, 15) is 8.42 Å². The average Bonchev–Trinajstić information content (AvgIpc) is 2.59. The molecule has 0 N–H and O–H groups in total. The zero-order valence-corrected chi connectivity index (χ0v) is 13.7. The first-order valence-electron chi connectivity index (χ1n) is 7.30. The molecule has 0 saturated carbocycles. The molecule has 2 rings (SSSR count). The normalized spacial score (nSPS) is 14.4. The second-order valence-electron chi connectivity index (χ2n) is 4.94. The topological polar surface area (TPSA) is 52.6 Å². The second-order valence-corrected chi connectivity index (χ2v) is 6.94. The van der Waals surface area contributed by atoms with Crippen molar-refractivity contribution in [3.8, 4) is 5.75 Å². The van der Waals surface area contributed by atoms with Crippen molar-refractivity contribution >= 4 is 9.84 Å². The van der Waals surface area contributed by atoms with E-state index < -0.39 is 9.84 Å². The smallest absolute Gasteiger partial charge is 0.202 e. The lowest BCUT2D eigenvalue weighted by Crippen LogP contribution is -2.08. The van der Waals surface area contributed by atoms with Gasteiger partial charge >= 0.3 is 0 Å². The molecule has 122 valence electrons. The lowest BCUT2D eigenvalue weighted by atomic mass is 10.1. The maximum Gasteiger partial charge on any atom is 0.202 e. The molecule has 4 nitrogen and oxygen atoms in total. The lowest BCUT2D eigenvalue weighted by molar-refractivity contribution is 0.235. The van der Waals surface area contributed by atoms with Gasteiger partial charge in [-0.2, -0.15) is 0 Å². The molecule has 0 spiro atoms. The molecule has 1 aromatic rings. The van der Waals surface area contributed by atoms with Crippen LogP contribution in [0.15, 0.2) is 77.3 Å². The Morgan fingerprint density at radius 3 is 2.17 bits per heavy atom. The summed E-state index contributed by atoms with van der Waals surface area (Å²) in [4.78, 5) is 0.654. The van der Waals surface area contributed by atoms with E-state index >= 15 is 0 Å². The Balaban J connectivity index is 2.15. The van der Waals surface area contributed by atoms with Gasteiger partial charge in [0.25, 0.3) is 0 Å². The Bertz CT molecular complexity index is 725. The average molecular weight is 332 g/mol. The molecule has 0 fully saturated rings. The van der Waals surface area contributed by atoms with Crippen LogP contribution in [0.5, 0.6) is 5.75 Å². The molecule has 0 aromatic heterocycles. The van der Waals surface area contributed by atoms with Crippen LogP contribution < -0.4 is 4.74 Å². The Hall–Kier alpha value is -2.27. The Labute approximate surface area is 137 Å². The number of rotatable bonds is 8. The molecule has 0 radical (unpaired) electrons. The van der Waals surface area contributed by atoms with E-state index in [-0.39, 0.29) is 4.90 Å². The predicted molar refractivity (Wildman–Crippen MR) is 90.9 cm³/mol. The quantitative estimate of drug-likeness (QED) is 0.680. The zero-order valence-electron chi connectivity index (χ0n) is 12.9. The van der Waals surface area contributed by atoms with Gasteiger partial charge in [-0.1, -0.05) is 25.3 Å². The van der Waals surface area contributed by atoms with Crippen LogP contribution in [0.25, 0.3) is 0 Å². The summed E-state index contributed by atoms with van der Waals surface area (Å²) in [5, 5.41) is 0. The lowest BCUT2D eigenvalue weighted by Gasteiger charge is -2.15. The van der Waals surface area contributed by atoms with Gasteiger partial charge in [-0.25, -0.2) is 8.42 Å². The fraction of sp³-hybridized carbons (Fsp3) is 0.222. The summed E-state index contributed by atoms with van der Waals surface area (Å²) in [6, 6.07) is 6.41. The van der Waals surface area contributed by atoms with E-state index in [4.69, 9.17) is 9.47 Å². The van der Waals surface area contributed by atoms with Gasteiger partial charge in [-0.3, -0.25) is 0 Å². The summed E-state index contributed by atoms with van der Waals surface area (Å²) in [5.41, 5.74) is 0. The summed E-state index contributed by atoms with van der Waals surface area (Å²) in [6.45, 7) is 7.96. The predicted octanol–water partition coefficient (Wildman–Crippen LogP) is 3.79. The van der Waals surface area contributed by atoms with Crippen molar-refractivity contribution < 1.29 is 17.9 Å². The maximum absolute atomic E-state index is 12.6. The first-order valence-corrected chi connectivity index (χ1v) is 8.78. The van der Waals surface area contributed by atoms with Crippen LogP contribution >= 0.6 is 0 Å². The standard InChI is InChI=1S/C18H20O4S/c1-3-13-21-15-5-9-17(10-6-15)23(19,20)18-11-7-16(8-12-18)22-14-4-2/h3-7,9-11H,1-2,8,12-14H2. The van der Waals surface area contributed by atoms with E-state index in [1.807, 2.05) is 0 Å². The number of allylic oxidation sites excluding steroid dienone is 4. The van der Waals surface area contributed by atoms with Gasteiger partial charge in [-0.15, -0.1) is 0 Å². The SMILES string of the molecule is C=CCOC1=CC=C(S(=O)(=O)c2ccc(OCC=C)cc2)CC1. The summed E-state index contributed by atoms with van der Waals surface area (Å²) >= 11 is 0. The highest BCUT2D eigenvalue weighted by Gasteiger charge is 2.22. The number of sulfone groups is 1. The largest absolute Gasteiger partial charge is 0.494 e. The van der Waals surface area contributed by atoms with Crippen molar-refractivity contribution in [1.82, 2.24) is 0 Å². The van der Waals surface area contributed by atoms with Crippen molar-refractivity contribution in [3.05, 3.63) is 72.4 Å². The first kappa shape index (κ1) is 17.1. The molecule has 0 saturated heterocycles. The third-order valence-electron chi connectivity index (χ3n) is 3.31. The van der Waals surface area contributed by atoms with E-state index in [0.29, 0.717) is 36.7 Å². The summed E-state index contributed by atoms with van der Waals surface area (Å²) in [5.74, 6) is 1.39. The van der Waals surface area contributed by atoms with Gasteiger partial charge in [-0.05, 0) is 42.8 Å². The molecule has 0 amide bonds. The zero-order chi connectivity index (χ0) is 16.7. The Morgan fingerprint density at radius 1 is 0.957 bits per heavy atom. The third-order valence-corrected chi connectivity index (χ3v) is 5.23. The van der Waals surface area contributed by atoms with Crippen molar-refractivity contribution in [3.63, 3.8) is 0 Å². The minimum Gasteiger partial charge on any atom is -0.494 e. The van der Waals surface area contributed by atoms with Gasteiger partial charge in [0.2, 0.25) is 9.84 Å². The van der Waals surface area contributed by atoms with Crippen molar-refractivity contribution in [2.24, 2.45) is 0 Å². The molecular formula is C18H20O4S. The molecule has 0 aliphatic heterocycles. The fourth-order valence-electron chi connectivity index (χ4n) is 2.13. The Morgan fingerprint density at radius 2 is 1.61 bits per heavy atom. The molecule has 1 aliphatic carbocycles. The molecule has 5 heteroatoms. The van der Waals surface area contributed by atoms with Gasteiger partial charge < -0.3 is 9.47 Å². The Kier molecular flexibility index (Phi) is 5.82. The molecule has 1 aromatic carbocycles. The van der Waals surface area contributed by atoms with Crippen LogP contribution in [0.1, 0.15) is 12.8 Å². The van der Waals surface area contributed by atoms with Crippen LogP contribution in [0.4, 0.5) is 0 Å². The van der Waals surface area contributed by atoms with E-state index in [0.717, 1.165) is 5.76 Å². The molecule has 0 atom stereocenters. The number of benzene rings is 1. The van der Waals surface area contributed by atoms with E-state index in [1.54, 1.807) is 48.6 Å². The fourth-order valence-corrected chi connectivity index (χ4v) is 3.55. The highest BCUT2D eigenvalue weighted by atomic mass is 32.2. The van der Waals surface area contributed by atoms with Gasteiger partial charge in [0.1, 0.15) is 19.0 Å². The monoisotopic (exact) mass is 332 g/mol. The molecule has 23 heavy (non-hydrogen) atoms. The van der Waals surface area contributed by atoms with Crippen molar-refractivity contribution in [2.75, 3.05) is 13.2 Å². The molecular weight excluding hydrogens is 312 g/mol. The molecule has 0 bridgehead atoms. The minimum atomic E-state index is -3.48. The highest BCUT2D eigenvalue weighted by Crippen LogP contribution is 2.29. The first-order chi connectivity index (χ1) is 11.1. The van der Waals surface area contributed by atoms with E-state index in [1.165, 1.54) is 0 Å². The van der Waals surface area contributed by atoms with Crippen LogP contribution in [0.3, 0.4) is 0 Å². The minimum absolute atomic E-state index is 0.263. The van der Waals surface area contributed by atoms with Crippen LogP contribution in [0.2, 0.25) is 0 Å². The summed E-state index contributed by atoms with van der Waals surface area (Å²) in [7, 11) is -3.48. The van der Waals surface area contributed by atoms with Crippen LogP contribution in [0, 0.1) is 0 Å². The van der Waals surface area contributed by atoms with Crippen LogP contribution in [-0.4, -0.2) is 21.6 Å². The maximum atomic E-state index is 12.6. The summed E-state index contributed by atoms with van der Waals surface area (Å²) < 4.78 is 36.0.